The molecule has 2 aromatic heterocycles. The molecule has 2 aromatic rings. The Morgan fingerprint density at radius 3 is 1.79 bits per heavy atom. The topological polar surface area (TPSA) is 35.0 Å². The molecular formula is C13H13Br3N2O. The van der Waals surface area contributed by atoms with Crippen LogP contribution in [-0.4, -0.2) is 17.1 Å². The Morgan fingerprint density at radius 1 is 0.842 bits per heavy atom. The summed E-state index contributed by atoms with van der Waals surface area (Å²) in [5, 5.41) is 0. The quantitative estimate of drug-likeness (QED) is 0.566. The van der Waals surface area contributed by atoms with Gasteiger partial charge in [0.05, 0.1) is 18.5 Å². The molecule has 0 spiro atoms. The first kappa shape index (κ1) is 16.6. The van der Waals surface area contributed by atoms with E-state index < -0.39 is 0 Å². The van der Waals surface area contributed by atoms with Crippen molar-refractivity contribution in [2.24, 2.45) is 0 Å². The first-order valence-electron chi connectivity index (χ1n) is 5.40. The van der Waals surface area contributed by atoms with Gasteiger partial charge in [0.2, 0.25) is 5.88 Å². The fourth-order valence-corrected chi connectivity index (χ4v) is 1.99. The van der Waals surface area contributed by atoms with Crippen LogP contribution in [0.3, 0.4) is 0 Å². The summed E-state index contributed by atoms with van der Waals surface area (Å²) in [5.41, 5.74) is 1.95. The average molecular weight is 453 g/mol. The molecule has 0 saturated carbocycles. The third kappa shape index (κ3) is 5.58. The van der Waals surface area contributed by atoms with Gasteiger partial charge in [-0.2, -0.15) is 0 Å². The number of aromatic nitrogens is 2. The van der Waals surface area contributed by atoms with Crippen molar-refractivity contribution in [3.8, 4) is 5.88 Å². The molecule has 3 nitrogen and oxygen atoms in total. The number of rotatable bonds is 1. The molecule has 2 heterocycles. The van der Waals surface area contributed by atoms with E-state index >= 15 is 0 Å². The van der Waals surface area contributed by atoms with Gasteiger partial charge in [0, 0.05) is 15.0 Å². The van der Waals surface area contributed by atoms with Gasteiger partial charge in [-0.15, -0.1) is 0 Å². The van der Waals surface area contributed by atoms with Gasteiger partial charge in [0.1, 0.15) is 4.60 Å². The minimum absolute atomic E-state index is 0.653. The third-order valence-corrected chi connectivity index (χ3v) is 4.31. The van der Waals surface area contributed by atoms with E-state index in [1.807, 2.05) is 38.1 Å². The summed E-state index contributed by atoms with van der Waals surface area (Å²) in [7, 11) is 1.61. The number of halogens is 3. The first-order chi connectivity index (χ1) is 8.93. The van der Waals surface area contributed by atoms with Crippen molar-refractivity contribution in [3.05, 3.63) is 49.2 Å². The van der Waals surface area contributed by atoms with E-state index in [2.05, 4.69) is 57.8 Å². The van der Waals surface area contributed by atoms with Crippen LogP contribution in [0.15, 0.2) is 37.8 Å². The predicted octanol–water partition coefficient (Wildman–Crippen LogP) is 5.08. The lowest BCUT2D eigenvalue weighted by molar-refractivity contribution is 0.396. The standard InChI is InChI=1S/C7H8BrNO.C6H5Br2N/c1-5-6(8)3-4-7(9-5)10-2;1-4-5(7)2-3-6(8)9-4/h3-4H,1-2H3;2-3H,1H3. The maximum Gasteiger partial charge on any atom is 0.213 e. The van der Waals surface area contributed by atoms with Gasteiger partial charge < -0.3 is 4.74 Å². The largest absolute Gasteiger partial charge is 0.481 e. The van der Waals surface area contributed by atoms with Crippen LogP contribution in [0.5, 0.6) is 5.88 Å². The van der Waals surface area contributed by atoms with Gasteiger partial charge in [0.15, 0.2) is 0 Å². The van der Waals surface area contributed by atoms with Crippen molar-refractivity contribution in [2.45, 2.75) is 13.8 Å². The lowest BCUT2D eigenvalue weighted by Gasteiger charge is -1.99. The van der Waals surface area contributed by atoms with E-state index in [4.69, 9.17) is 4.74 Å². The fraction of sp³-hybridized carbons (Fsp3) is 0.231. The second-order valence-electron chi connectivity index (χ2n) is 3.62. The van der Waals surface area contributed by atoms with Gasteiger partial charge in [-0.3, -0.25) is 0 Å². The van der Waals surface area contributed by atoms with E-state index in [0.29, 0.717) is 5.88 Å². The Morgan fingerprint density at radius 2 is 1.37 bits per heavy atom. The molecule has 102 valence electrons. The van der Waals surface area contributed by atoms with Gasteiger partial charge in [0.25, 0.3) is 0 Å². The number of pyridine rings is 2. The van der Waals surface area contributed by atoms with Crippen molar-refractivity contribution >= 4 is 47.8 Å². The minimum Gasteiger partial charge on any atom is -0.481 e. The molecule has 0 unspecified atom stereocenters. The number of nitrogens with zero attached hydrogens (tertiary/aromatic N) is 2. The van der Waals surface area contributed by atoms with Crippen LogP contribution in [0, 0.1) is 13.8 Å². The molecule has 0 fully saturated rings. The molecule has 0 bridgehead atoms. The van der Waals surface area contributed by atoms with E-state index in [-0.39, 0.29) is 0 Å². The molecule has 0 N–H and O–H groups in total. The highest BCUT2D eigenvalue weighted by Gasteiger charge is 1.96. The molecule has 0 aliphatic rings. The Bertz CT molecular complexity index is 562. The second-order valence-corrected chi connectivity index (χ2v) is 6.14. The summed E-state index contributed by atoms with van der Waals surface area (Å²) < 4.78 is 7.85. The monoisotopic (exact) mass is 450 g/mol. The number of methoxy groups -OCH3 is 1. The second kappa shape index (κ2) is 7.97. The van der Waals surface area contributed by atoms with Crippen LogP contribution in [0.1, 0.15) is 11.4 Å². The van der Waals surface area contributed by atoms with Crippen LogP contribution >= 0.6 is 47.8 Å². The number of ether oxygens (including phenoxy) is 1. The lowest BCUT2D eigenvalue weighted by atomic mass is 10.4. The van der Waals surface area contributed by atoms with Crippen molar-refractivity contribution in [1.29, 1.82) is 0 Å². The maximum absolute atomic E-state index is 4.92. The molecule has 0 aromatic carbocycles. The Balaban J connectivity index is 0.000000191. The minimum atomic E-state index is 0.653. The van der Waals surface area contributed by atoms with Crippen molar-refractivity contribution in [3.63, 3.8) is 0 Å². The molecule has 0 amide bonds. The van der Waals surface area contributed by atoms with Gasteiger partial charge in [-0.05, 0) is 79.8 Å². The maximum atomic E-state index is 4.92. The zero-order valence-corrected chi connectivity index (χ0v) is 15.5. The predicted molar refractivity (Wildman–Crippen MR) is 87.6 cm³/mol. The average Bonchev–Trinajstić information content (AvgIpc) is 2.38. The molecule has 0 atom stereocenters. The van der Waals surface area contributed by atoms with Gasteiger partial charge in [-0.1, -0.05) is 0 Å². The summed E-state index contributed by atoms with van der Waals surface area (Å²) in [6, 6.07) is 7.60. The highest BCUT2D eigenvalue weighted by molar-refractivity contribution is 9.11. The number of hydrogen-bond donors (Lipinski definition) is 0. The Labute approximate surface area is 138 Å². The lowest BCUT2D eigenvalue weighted by Crippen LogP contribution is -1.89. The Kier molecular flexibility index (Phi) is 6.96. The smallest absolute Gasteiger partial charge is 0.213 e. The summed E-state index contributed by atoms with van der Waals surface area (Å²) in [6.07, 6.45) is 0. The first-order valence-corrected chi connectivity index (χ1v) is 7.77. The third-order valence-electron chi connectivity index (χ3n) is 2.19. The molecule has 6 heteroatoms. The molecular weight excluding hydrogens is 440 g/mol. The Hall–Kier alpha value is -0.460. The van der Waals surface area contributed by atoms with Crippen molar-refractivity contribution in [1.82, 2.24) is 9.97 Å². The van der Waals surface area contributed by atoms with Crippen LogP contribution in [0.25, 0.3) is 0 Å². The molecule has 0 aliphatic carbocycles. The fourth-order valence-electron chi connectivity index (χ4n) is 1.15. The molecule has 2 rings (SSSR count). The summed E-state index contributed by atoms with van der Waals surface area (Å²) in [6.45, 7) is 3.88. The molecule has 0 saturated heterocycles. The van der Waals surface area contributed by atoms with E-state index in [1.165, 1.54) is 0 Å². The molecule has 19 heavy (non-hydrogen) atoms. The summed E-state index contributed by atoms with van der Waals surface area (Å²) in [4.78, 5) is 8.27. The van der Waals surface area contributed by atoms with Crippen molar-refractivity contribution < 1.29 is 4.74 Å². The highest BCUT2D eigenvalue weighted by atomic mass is 79.9. The molecule has 0 aliphatic heterocycles. The van der Waals surface area contributed by atoms with Crippen LogP contribution in [0.4, 0.5) is 0 Å². The summed E-state index contributed by atoms with van der Waals surface area (Å²) in [5.74, 6) is 0.653. The summed E-state index contributed by atoms with van der Waals surface area (Å²) >= 11 is 9.95. The van der Waals surface area contributed by atoms with E-state index in [1.54, 1.807) is 7.11 Å². The van der Waals surface area contributed by atoms with Crippen LogP contribution in [0.2, 0.25) is 0 Å². The van der Waals surface area contributed by atoms with Gasteiger partial charge >= 0.3 is 0 Å². The van der Waals surface area contributed by atoms with Crippen LogP contribution < -0.4 is 4.74 Å². The highest BCUT2D eigenvalue weighted by Crippen LogP contribution is 2.17. The SMILES string of the molecule is COc1ccc(Br)c(C)n1.Cc1nc(Br)ccc1Br. The zero-order valence-electron chi connectivity index (χ0n) is 10.7. The zero-order chi connectivity index (χ0) is 14.4. The number of hydrogen-bond acceptors (Lipinski definition) is 3. The van der Waals surface area contributed by atoms with E-state index in [9.17, 15) is 0 Å². The molecule has 0 radical (unpaired) electrons. The van der Waals surface area contributed by atoms with Gasteiger partial charge in [-0.25, -0.2) is 9.97 Å². The normalized spacial score (nSPS) is 9.58. The number of aryl methyl sites for hydroxylation is 2. The van der Waals surface area contributed by atoms with E-state index in [0.717, 1.165) is 24.9 Å². The van der Waals surface area contributed by atoms with Crippen molar-refractivity contribution in [2.75, 3.05) is 7.11 Å². The van der Waals surface area contributed by atoms with Crippen LogP contribution in [-0.2, 0) is 0 Å².